The number of hydrogen-bond donors (Lipinski definition) is 1. The Morgan fingerprint density at radius 2 is 2.00 bits per heavy atom. The van der Waals surface area contributed by atoms with Gasteiger partial charge in [0.05, 0.1) is 19.9 Å². The molecule has 2 aliphatic rings. The Kier molecular flexibility index (Phi) is 2.53. The van der Waals surface area contributed by atoms with Gasteiger partial charge in [0, 0.05) is 13.1 Å². The monoisotopic (exact) mass is 199 g/mol. The van der Waals surface area contributed by atoms with E-state index in [-0.39, 0.29) is 18.5 Å². The first-order valence-electron chi connectivity index (χ1n) is 4.65. The van der Waals surface area contributed by atoms with Gasteiger partial charge in [0.25, 0.3) is 0 Å². The van der Waals surface area contributed by atoms with E-state index >= 15 is 0 Å². The molecule has 2 rings (SSSR count). The van der Waals surface area contributed by atoms with Crippen LogP contribution in [0.25, 0.3) is 0 Å². The van der Waals surface area contributed by atoms with Crippen LogP contribution in [0.4, 0.5) is 4.79 Å². The quantitative estimate of drug-likeness (QED) is 0.534. The smallest absolute Gasteiger partial charge is 0.322 e. The standard InChI is InChI=1S/C8H13N3O3/c12-7-5-11(6-9-7)8(13)10-1-3-14-4-2-10/h1-6H2,(H,9,12). The minimum absolute atomic E-state index is 0.0772. The maximum Gasteiger partial charge on any atom is 0.322 e. The van der Waals surface area contributed by atoms with Gasteiger partial charge >= 0.3 is 6.03 Å². The van der Waals surface area contributed by atoms with Crippen molar-refractivity contribution in [2.45, 2.75) is 0 Å². The lowest BCUT2D eigenvalue weighted by Crippen LogP contribution is -2.47. The molecule has 2 fully saturated rings. The molecule has 14 heavy (non-hydrogen) atoms. The lowest BCUT2D eigenvalue weighted by molar-refractivity contribution is -0.118. The van der Waals surface area contributed by atoms with Crippen LogP contribution < -0.4 is 5.32 Å². The van der Waals surface area contributed by atoms with E-state index in [1.165, 1.54) is 4.90 Å². The van der Waals surface area contributed by atoms with Crippen molar-refractivity contribution in [1.29, 1.82) is 0 Å². The van der Waals surface area contributed by atoms with Crippen molar-refractivity contribution in [3.05, 3.63) is 0 Å². The van der Waals surface area contributed by atoms with E-state index in [0.29, 0.717) is 33.0 Å². The molecular weight excluding hydrogens is 186 g/mol. The number of morpholine rings is 1. The van der Waals surface area contributed by atoms with Crippen molar-refractivity contribution >= 4 is 11.9 Å². The van der Waals surface area contributed by atoms with Gasteiger partial charge in [-0.15, -0.1) is 0 Å². The first-order chi connectivity index (χ1) is 6.77. The second kappa shape index (κ2) is 3.83. The van der Waals surface area contributed by atoms with Crippen molar-refractivity contribution < 1.29 is 14.3 Å². The Bertz CT molecular complexity index is 250. The Morgan fingerprint density at radius 1 is 1.29 bits per heavy atom. The molecule has 0 atom stereocenters. The number of amides is 3. The van der Waals surface area contributed by atoms with Crippen LogP contribution in [0.5, 0.6) is 0 Å². The van der Waals surface area contributed by atoms with Crippen molar-refractivity contribution in [2.75, 3.05) is 39.5 Å². The third kappa shape index (κ3) is 1.79. The molecule has 0 bridgehead atoms. The predicted molar refractivity (Wildman–Crippen MR) is 47.5 cm³/mol. The molecule has 2 aliphatic heterocycles. The molecule has 0 spiro atoms. The molecule has 3 amide bonds. The largest absolute Gasteiger partial charge is 0.378 e. The Balaban J connectivity index is 1.90. The molecule has 0 aromatic rings. The fourth-order valence-electron chi connectivity index (χ4n) is 1.56. The molecule has 0 aliphatic carbocycles. The Morgan fingerprint density at radius 3 is 2.57 bits per heavy atom. The molecule has 0 radical (unpaired) electrons. The van der Waals surface area contributed by atoms with Gasteiger partial charge in [-0.25, -0.2) is 4.79 Å². The zero-order valence-corrected chi connectivity index (χ0v) is 7.86. The first kappa shape index (κ1) is 9.26. The van der Waals surface area contributed by atoms with Gasteiger partial charge in [-0.3, -0.25) is 9.69 Å². The van der Waals surface area contributed by atoms with Gasteiger partial charge in [-0.1, -0.05) is 0 Å². The summed E-state index contributed by atoms with van der Waals surface area (Å²) < 4.78 is 5.14. The highest BCUT2D eigenvalue weighted by Gasteiger charge is 2.28. The summed E-state index contributed by atoms with van der Waals surface area (Å²) in [6.45, 7) is 2.90. The lowest BCUT2D eigenvalue weighted by atomic mass is 10.4. The number of carbonyl (C=O) groups is 2. The summed E-state index contributed by atoms with van der Waals surface area (Å²) in [4.78, 5) is 25.9. The topological polar surface area (TPSA) is 61.9 Å². The predicted octanol–water partition coefficient (Wildman–Crippen LogP) is -1.17. The van der Waals surface area contributed by atoms with E-state index in [4.69, 9.17) is 4.74 Å². The summed E-state index contributed by atoms with van der Waals surface area (Å²) in [6.07, 6.45) is 0. The van der Waals surface area contributed by atoms with Gasteiger partial charge in [0.15, 0.2) is 0 Å². The van der Waals surface area contributed by atoms with Gasteiger partial charge in [0.2, 0.25) is 5.91 Å². The molecule has 78 valence electrons. The molecule has 6 heteroatoms. The third-order valence-corrected chi connectivity index (χ3v) is 2.35. The number of carbonyl (C=O) groups excluding carboxylic acids is 2. The third-order valence-electron chi connectivity index (χ3n) is 2.35. The van der Waals surface area contributed by atoms with E-state index in [9.17, 15) is 9.59 Å². The lowest BCUT2D eigenvalue weighted by Gasteiger charge is -2.29. The van der Waals surface area contributed by atoms with E-state index in [0.717, 1.165) is 0 Å². The number of nitrogens with zero attached hydrogens (tertiary/aromatic N) is 2. The fraction of sp³-hybridized carbons (Fsp3) is 0.750. The number of nitrogens with one attached hydrogen (secondary N) is 1. The SMILES string of the molecule is O=C1CN(C(=O)N2CCOCC2)CN1. The van der Waals surface area contributed by atoms with Crippen LogP contribution in [-0.2, 0) is 9.53 Å². The number of rotatable bonds is 0. The Labute approximate surface area is 81.8 Å². The van der Waals surface area contributed by atoms with Crippen LogP contribution in [0.2, 0.25) is 0 Å². The highest BCUT2D eigenvalue weighted by Crippen LogP contribution is 2.04. The van der Waals surface area contributed by atoms with E-state index in [2.05, 4.69) is 5.32 Å². The van der Waals surface area contributed by atoms with Gasteiger partial charge < -0.3 is 15.0 Å². The van der Waals surface area contributed by atoms with Crippen molar-refractivity contribution in [1.82, 2.24) is 15.1 Å². The van der Waals surface area contributed by atoms with Gasteiger partial charge in [0.1, 0.15) is 6.54 Å². The van der Waals surface area contributed by atoms with Crippen LogP contribution in [0.15, 0.2) is 0 Å². The summed E-state index contributed by atoms with van der Waals surface area (Å²) in [7, 11) is 0. The average molecular weight is 199 g/mol. The van der Waals surface area contributed by atoms with Gasteiger partial charge in [-0.2, -0.15) is 0 Å². The minimum Gasteiger partial charge on any atom is -0.378 e. The number of ether oxygens (including phenoxy) is 1. The summed E-state index contributed by atoms with van der Waals surface area (Å²) in [5.41, 5.74) is 0. The van der Waals surface area contributed by atoms with Crippen molar-refractivity contribution in [3.8, 4) is 0 Å². The average Bonchev–Trinajstić information content (AvgIpc) is 2.65. The molecule has 0 aromatic heterocycles. The van der Waals surface area contributed by atoms with Crippen LogP contribution >= 0.6 is 0 Å². The van der Waals surface area contributed by atoms with E-state index in [1.807, 2.05) is 0 Å². The molecule has 0 unspecified atom stereocenters. The molecular formula is C8H13N3O3. The molecule has 2 saturated heterocycles. The maximum absolute atomic E-state index is 11.8. The second-order valence-electron chi connectivity index (χ2n) is 3.34. The highest BCUT2D eigenvalue weighted by atomic mass is 16.5. The minimum atomic E-state index is -0.0911. The molecule has 6 nitrogen and oxygen atoms in total. The molecule has 1 N–H and O–H groups in total. The Hall–Kier alpha value is -1.30. The summed E-state index contributed by atoms with van der Waals surface area (Å²) in [6, 6.07) is -0.0772. The highest BCUT2D eigenvalue weighted by molar-refractivity contribution is 5.86. The second-order valence-corrected chi connectivity index (χ2v) is 3.34. The normalized spacial score (nSPS) is 22.4. The van der Waals surface area contributed by atoms with E-state index in [1.54, 1.807) is 4.90 Å². The molecule has 0 aromatic carbocycles. The number of urea groups is 1. The first-order valence-corrected chi connectivity index (χ1v) is 4.65. The summed E-state index contributed by atoms with van der Waals surface area (Å²) >= 11 is 0. The van der Waals surface area contributed by atoms with Crippen molar-refractivity contribution in [2.24, 2.45) is 0 Å². The van der Waals surface area contributed by atoms with Crippen LogP contribution in [0, 0.1) is 0 Å². The molecule has 0 saturated carbocycles. The van der Waals surface area contributed by atoms with Crippen LogP contribution in [0.1, 0.15) is 0 Å². The zero-order chi connectivity index (χ0) is 9.97. The fourth-order valence-corrected chi connectivity index (χ4v) is 1.56. The maximum atomic E-state index is 11.8. The van der Waals surface area contributed by atoms with Gasteiger partial charge in [-0.05, 0) is 0 Å². The summed E-state index contributed by atoms with van der Waals surface area (Å²) in [5.74, 6) is -0.0911. The zero-order valence-electron chi connectivity index (χ0n) is 7.86. The molecule has 2 heterocycles. The van der Waals surface area contributed by atoms with E-state index < -0.39 is 0 Å². The van der Waals surface area contributed by atoms with Crippen LogP contribution in [-0.4, -0.2) is 61.3 Å². The number of hydrogen-bond acceptors (Lipinski definition) is 3. The summed E-state index contributed by atoms with van der Waals surface area (Å²) in [5, 5.41) is 2.60. The van der Waals surface area contributed by atoms with Crippen LogP contribution in [0.3, 0.4) is 0 Å². The van der Waals surface area contributed by atoms with Crippen molar-refractivity contribution in [3.63, 3.8) is 0 Å².